The van der Waals surface area contributed by atoms with Gasteiger partial charge in [0.1, 0.15) is 0 Å². The topological polar surface area (TPSA) is 38.8 Å². The van der Waals surface area contributed by atoms with Crippen molar-refractivity contribution in [3.63, 3.8) is 0 Å². The van der Waals surface area contributed by atoms with E-state index in [1.807, 2.05) is 36.1 Å². The third-order valence-electron chi connectivity index (χ3n) is 4.46. The molecule has 0 aromatic heterocycles. The molecule has 0 fully saturated rings. The molecule has 1 atom stereocenters. The lowest BCUT2D eigenvalue weighted by Gasteiger charge is -2.30. The highest BCUT2D eigenvalue weighted by Crippen LogP contribution is 2.34. The van der Waals surface area contributed by atoms with Crippen LogP contribution in [0, 0.1) is 0 Å². The molecule has 5 heteroatoms. The zero-order valence-corrected chi connectivity index (χ0v) is 15.6. The number of carbonyl (C=O) groups is 1. The summed E-state index contributed by atoms with van der Waals surface area (Å²) in [5.74, 6) is 1.55. The molecular formula is C20H23NO3S. The fourth-order valence-electron chi connectivity index (χ4n) is 3.09. The standard InChI is InChI=1S/C20H23NO3S/c1-14(25-17-8-9-18(23-2)19(12-17)24-3)20(22)21-11-10-15-6-4-5-7-16(15)13-21/h4-9,12,14H,10-11,13H2,1-3H3/t14-/m0/s1. The van der Waals surface area contributed by atoms with Crippen molar-refractivity contribution in [1.29, 1.82) is 0 Å². The predicted molar refractivity (Wildman–Crippen MR) is 100 cm³/mol. The number of fused-ring (bicyclic) bond motifs is 1. The summed E-state index contributed by atoms with van der Waals surface area (Å²) in [7, 11) is 3.23. The van der Waals surface area contributed by atoms with Crippen LogP contribution in [0.2, 0.25) is 0 Å². The highest BCUT2D eigenvalue weighted by atomic mass is 32.2. The lowest BCUT2D eigenvalue weighted by atomic mass is 10.00. The summed E-state index contributed by atoms with van der Waals surface area (Å²) in [5.41, 5.74) is 2.61. The first kappa shape index (κ1) is 17.7. The summed E-state index contributed by atoms with van der Waals surface area (Å²) >= 11 is 1.55. The Hall–Kier alpha value is -2.14. The number of hydrogen-bond donors (Lipinski definition) is 0. The van der Waals surface area contributed by atoms with Gasteiger partial charge in [0.15, 0.2) is 11.5 Å². The van der Waals surface area contributed by atoms with E-state index in [0.717, 1.165) is 17.9 Å². The third kappa shape index (κ3) is 3.93. The predicted octanol–water partition coefficient (Wildman–Crippen LogP) is 3.77. The normalized spacial score (nSPS) is 14.6. The number of ether oxygens (including phenoxy) is 2. The Morgan fingerprint density at radius 2 is 1.80 bits per heavy atom. The van der Waals surface area contributed by atoms with Gasteiger partial charge in [-0.05, 0) is 42.7 Å². The van der Waals surface area contributed by atoms with Crippen molar-refractivity contribution in [1.82, 2.24) is 4.90 Å². The summed E-state index contributed by atoms with van der Waals surface area (Å²) in [6, 6.07) is 14.1. The molecule has 4 nitrogen and oxygen atoms in total. The van der Waals surface area contributed by atoms with Gasteiger partial charge in [0, 0.05) is 18.0 Å². The Kier molecular flexibility index (Phi) is 5.53. The molecule has 0 unspecified atom stereocenters. The van der Waals surface area contributed by atoms with Crippen LogP contribution in [0.25, 0.3) is 0 Å². The van der Waals surface area contributed by atoms with Crippen molar-refractivity contribution in [2.24, 2.45) is 0 Å². The van der Waals surface area contributed by atoms with Crippen molar-refractivity contribution in [2.45, 2.75) is 30.0 Å². The van der Waals surface area contributed by atoms with Crippen LogP contribution in [-0.2, 0) is 17.8 Å². The first-order valence-corrected chi connectivity index (χ1v) is 9.24. The molecule has 0 saturated carbocycles. The second kappa shape index (κ2) is 7.83. The average Bonchev–Trinajstić information content (AvgIpc) is 2.66. The molecule has 0 saturated heterocycles. The number of thioether (sulfide) groups is 1. The smallest absolute Gasteiger partial charge is 0.236 e. The average molecular weight is 357 g/mol. The lowest BCUT2D eigenvalue weighted by Crippen LogP contribution is -2.40. The first-order valence-electron chi connectivity index (χ1n) is 8.36. The number of methoxy groups -OCH3 is 2. The Balaban J connectivity index is 1.67. The van der Waals surface area contributed by atoms with Crippen LogP contribution in [0.1, 0.15) is 18.1 Å². The van der Waals surface area contributed by atoms with Crippen LogP contribution in [0.5, 0.6) is 11.5 Å². The minimum atomic E-state index is -0.150. The fraction of sp³-hybridized carbons (Fsp3) is 0.350. The molecule has 25 heavy (non-hydrogen) atoms. The SMILES string of the molecule is COc1ccc(S[C@@H](C)C(=O)N2CCc3ccccc3C2)cc1OC. The summed E-state index contributed by atoms with van der Waals surface area (Å²) in [6.45, 7) is 3.45. The summed E-state index contributed by atoms with van der Waals surface area (Å²) in [4.78, 5) is 15.8. The number of rotatable bonds is 5. The molecule has 0 radical (unpaired) electrons. The number of nitrogens with zero attached hydrogens (tertiary/aromatic N) is 1. The molecule has 132 valence electrons. The van der Waals surface area contributed by atoms with Gasteiger partial charge >= 0.3 is 0 Å². The highest BCUT2D eigenvalue weighted by Gasteiger charge is 2.25. The van der Waals surface area contributed by atoms with Crippen molar-refractivity contribution < 1.29 is 14.3 Å². The first-order chi connectivity index (χ1) is 12.1. The van der Waals surface area contributed by atoms with Gasteiger partial charge in [0.05, 0.1) is 19.5 Å². The third-order valence-corrected chi connectivity index (χ3v) is 5.54. The van der Waals surface area contributed by atoms with E-state index in [0.29, 0.717) is 18.0 Å². The Labute approximate surface area is 153 Å². The van der Waals surface area contributed by atoms with Crippen molar-refractivity contribution in [2.75, 3.05) is 20.8 Å². The molecule has 0 bridgehead atoms. The van der Waals surface area contributed by atoms with Crippen LogP contribution < -0.4 is 9.47 Å². The number of hydrogen-bond acceptors (Lipinski definition) is 4. The van der Waals surface area contributed by atoms with Crippen molar-refractivity contribution in [3.8, 4) is 11.5 Å². The zero-order valence-electron chi connectivity index (χ0n) is 14.8. The van der Waals surface area contributed by atoms with Crippen LogP contribution in [-0.4, -0.2) is 36.8 Å². The van der Waals surface area contributed by atoms with Crippen LogP contribution in [0.15, 0.2) is 47.4 Å². The number of amides is 1. The molecule has 1 heterocycles. The van der Waals surface area contributed by atoms with E-state index in [4.69, 9.17) is 9.47 Å². The molecule has 1 aliphatic rings. The molecule has 0 spiro atoms. The molecule has 1 aliphatic heterocycles. The maximum Gasteiger partial charge on any atom is 0.236 e. The van der Waals surface area contributed by atoms with E-state index in [1.165, 1.54) is 11.1 Å². The maximum atomic E-state index is 12.8. The summed E-state index contributed by atoms with van der Waals surface area (Å²) < 4.78 is 10.6. The van der Waals surface area contributed by atoms with E-state index in [-0.39, 0.29) is 11.2 Å². The second-order valence-electron chi connectivity index (χ2n) is 6.06. The van der Waals surface area contributed by atoms with E-state index in [1.54, 1.807) is 26.0 Å². The van der Waals surface area contributed by atoms with Crippen LogP contribution >= 0.6 is 11.8 Å². The lowest BCUT2D eigenvalue weighted by molar-refractivity contribution is -0.131. The molecular weight excluding hydrogens is 334 g/mol. The van der Waals surface area contributed by atoms with Crippen LogP contribution in [0.4, 0.5) is 0 Å². The highest BCUT2D eigenvalue weighted by molar-refractivity contribution is 8.00. The Morgan fingerprint density at radius 3 is 2.52 bits per heavy atom. The van der Waals surface area contributed by atoms with Gasteiger partial charge in [0.25, 0.3) is 0 Å². The van der Waals surface area contributed by atoms with E-state index < -0.39 is 0 Å². The molecule has 2 aromatic rings. The molecule has 3 rings (SSSR count). The monoisotopic (exact) mass is 357 g/mol. The van der Waals surface area contributed by atoms with E-state index in [2.05, 4.69) is 18.2 Å². The van der Waals surface area contributed by atoms with E-state index >= 15 is 0 Å². The van der Waals surface area contributed by atoms with E-state index in [9.17, 15) is 4.79 Å². The minimum Gasteiger partial charge on any atom is -0.493 e. The van der Waals surface area contributed by atoms with Crippen LogP contribution in [0.3, 0.4) is 0 Å². The molecule has 0 N–H and O–H groups in total. The second-order valence-corrected chi connectivity index (χ2v) is 7.47. The summed E-state index contributed by atoms with van der Waals surface area (Å²) in [5, 5.41) is -0.150. The van der Waals surface area contributed by atoms with Gasteiger partial charge in [-0.2, -0.15) is 0 Å². The van der Waals surface area contributed by atoms with Crippen molar-refractivity contribution >= 4 is 17.7 Å². The van der Waals surface area contributed by atoms with Gasteiger partial charge in [-0.15, -0.1) is 11.8 Å². The largest absolute Gasteiger partial charge is 0.493 e. The number of carbonyl (C=O) groups excluding carboxylic acids is 1. The van der Waals surface area contributed by atoms with Crippen molar-refractivity contribution in [3.05, 3.63) is 53.6 Å². The quantitative estimate of drug-likeness (QED) is 0.764. The molecule has 0 aliphatic carbocycles. The Bertz CT molecular complexity index is 762. The molecule has 1 amide bonds. The number of benzene rings is 2. The molecule has 2 aromatic carbocycles. The minimum absolute atomic E-state index is 0.150. The Morgan fingerprint density at radius 1 is 1.08 bits per heavy atom. The van der Waals surface area contributed by atoms with Gasteiger partial charge in [-0.3, -0.25) is 4.79 Å². The van der Waals surface area contributed by atoms with Gasteiger partial charge in [-0.25, -0.2) is 0 Å². The fourth-order valence-corrected chi connectivity index (χ4v) is 4.07. The van der Waals surface area contributed by atoms with Gasteiger partial charge in [-0.1, -0.05) is 24.3 Å². The maximum absolute atomic E-state index is 12.8. The van der Waals surface area contributed by atoms with Gasteiger partial charge in [0.2, 0.25) is 5.91 Å². The summed E-state index contributed by atoms with van der Waals surface area (Å²) in [6.07, 6.45) is 0.926. The van der Waals surface area contributed by atoms with Gasteiger partial charge < -0.3 is 14.4 Å². The zero-order chi connectivity index (χ0) is 17.8.